The second kappa shape index (κ2) is 8.18. The summed E-state index contributed by atoms with van der Waals surface area (Å²) >= 11 is 6.54. The van der Waals surface area contributed by atoms with E-state index in [1.54, 1.807) is 7.11 Å². The summed E-state index contributed by atoms with van der Waals surface area (Å²) in [5.74, 6) is 0.765. The molecule has 1 atom stereocenters. The normalized spacial score (nSPS) is 15.6. The van der Waals surface area contributed by atoms with Crippen LogP contribution in [0.5, 0.6) is 5.75 Å². The topological polar surface area (TPSA) is 41.6 Å². The molecule has 29 heavy (non-hydrogen) atoms. The molecule has 1 aliphatic rings. The number of carbonyl (C=O) groups excluding carboxylic acids is 1. The van der Waals surface area contributed by atoms with Gasteiger partial charge in [-0.2, -0.15) is 0 Å². The van der Waals surface area contributed by atoms with E-state index in [9.17, 15) is 4.79 Å². The number of hydrogen-bond donors (Lipinski definition) is 1. The third-order valence-electron chi connectivity index (χ3n) is 5.42. The predicted octanol–water partition coefficient (Wildman–Crippen LogP) is 5.84. The molecular weight excluding hydrogens is 384 g/mol. The van der Waals surface area contributed by atoms with Gasteiger partial charge in [0, 0.05) is 17.3 Å². The van der Waals surface area contributed by atoms with Crippen LogP contribution < -0.4 is 10.1 Å². The van der Waals surface area contributed by atoms with Crippen molar-refractivity contribution in [3.8, 4) is 5.75 Å². The van der Waals surface area contributed by atoms with Gasteiger partial charge < -0.3 is 15.0 Å². The molecule has 5 heteroatoms. The maximum atomic E-state index is 13.3. The summed E-state index contributed by atoms with van der Waals surface area (Å²) in [6.07, 6.45) is 0.812. The quantitative estimate of drug-likeness (QED) is 0.593. The molecule has 4 nitrogen and oxygen atoms in total. The molecule has 148 valence electrons. The number of anilines is 1. The molecule has 2 amide bonds. The summed E-state index contributed by atoms with van der Waals surface area (Å²) in [6.45, 7) is 2.57. The number of fused-ring (bicyclic) bond motifs is 1. The zero-order valence-corrected chi connectivity index (χ0v) is 17.2. The third-order valence-corrected chi connectivity index (χ3v) is 5.76. The number of urea groups is 1. The van der Waals surface area contributed by atoms with Crippen LogP contribution in [0.4, 0.5) is 10.5 Å². The maximum Gasteiger partial charge on any atom is 0.322 e. The van der Waals surface area contributed by atoms with E-state index >= 15 is 0 Å². The first-order valence-corrected chi connectivity index (χ1v) is 10.0. The minimum atomic E-state index is -0.229. The number of halogens is 1. The minimum absolute atomic E-state index is 0.141. The van der Waals surface area contributed by atoms with Gasteiger partial charge in [-0.1, -0.05) is 54.1 Å². The fourth-order valence-electron chi connectivity index (χ4n) is 3.91. The number of carbonyl (C=O) groups is 1. The first-order chi connectivity index (χ1) is 14.1. The van der Waals surface area contributed by atoms with Crippen LogP contribution in [0.25, 0.3) is 0 Å². The Bertz CT molecular complexity index is 1050. The molecule has 1 aliphatic heterocycles. The standard InChI is InChI=1S/C24H23ClN2O2/c1-16-15-18(29-2)11-12-22(16)26-24(28)27-14-13-17-7-3-4-8-19(17)23(27)20-9-5-6-10-21(20)25/h3-12,15,23H,13-14H2,1-2H3,(H,26,28)/t23-/m1/s1. The van der Waals surface area contributed by atoms with Gasteiger partial charge in [0.2, 0.25) is 0 Å². The van der Waals surface area contributed by atoms with Crippen LogP contribution in [-0.4, -0.2) is 24.6 Å². The molecule has 1 heterocycles. The molecule has 3 aromatic carbocycles. The van der Waals surface area contributed by atoms with Gasteiger partial charge in [-0.25, -0.2) is 4.79 Å². The Hall–Kier alpha value is -2.98. The van der Waals surface area contributed by atoms with Crippen LogP contribution >= 0.6 is 11.6 Å². The van der Waals surface area contributed by atoms with E-state index in [1.165, 1.54) is 5.56 Å². The lowest BCUT2D eigenvalue weighted by Gasteiger charge is -2.38. The molecule has 4 rings (SSSR count). The fraction of sp³-hybridized carbons (Fsp3) is 0.208. The van der Waals surface area contributed by atoms with E-state index in [2.05, 4.69) is 17.4 Å². The van der Waals surface area contributed by atoms with Crippen LogP contribution in [0.3, 0.4) is 0 Å². The van der Waals surface area contributed by atoms with Gasteiger partial charge in [0.15, 0.2) is 0 Å². The summed E-state index contributed by atoms with van der Waals surface area (Å²) in [5, 5.41) is 3.73. The van der Waals surface area contributed by atoms with Crippen molar-refractivity contribution >= 4 is 23.3 Å². The van der Waals surface area contributed by atoms with Crippen molar-refractivity contribution in [1.82, 2.24) is 4.90 Å². The van der Waals surface area contributed by atoms with Gasteiger partial charge in [0.1, 0.15) is 5.75 Å². The number of benzene rings is 3. The van der Waals surface area contributed by atoms with Gasteiger partial charge in [-0.15, -0.1) is 0 Å². The number of amides is 2. The molecule has 0 bridgehead atoms. The van der Waals surface area contributed by atoms with E-state index in [0.29, 0.717) is 11.6 Å². The highest BCUT2D eigenvalue weighted by molar-refractivity contribution is 6.31. The maximum absolute atomic E-state index is 13.3. The molecular formula is C24H23ClN2O2. The molecule has 0 unspecified atom stereocenters. The van der Waals surface area contributed by atoms with E-state index in [4.69, 9.17) is 16.3 Å². The smallest absolute Gasteiger partial charge is 0.322 e. The summed E-state index contributed by atoms with van der Waals surface area (Å²) in [6, 6.07) is 21.3. The number of aryl methyl sites for hydroxylation is 1. The monoisotopic (exact) mass is 406 g/mol. The number of ether oxygens (including phenoxy) is 1. The minimum Gasteiger partial charge on any atom is -0.497 e. The van der Waals surface area contributed by atoms with Crippen molar-refractivity contribution in [1.29, 1.82) is 0 Å². The largest absolute Gasteiger partial charge is 0.497 e. The molecule has 0 fully saturated rings. The Kier molecular flexibility index (Phi) is 5.45. The van der Waals surface area contributed by atoms with Gasteiger partial charge >= 0.3 is 6.03 Å². The predicted molar refractivity (Wildman–Crippen MR) is 117 cm³/mol. The zero-order valence-electron chi connectivity index (χ0n) is 16.5. The molecule has 3 aromatic rings. The van der Waals surface area contributed by atoms with Crippen LogP contribution in [0, 0.1) is 6.92 Å². The molecule has 1 N–H and O–H groups in total. The first-order valence-electron chi connectivity index (χ1n) is 9.63. The third kappa shape index (κ3) is 3.81. The second-order valence-electron chi connectivity index (χ2n) is 7.18. The zero-order chi connectivity index (χ0) is 20.4. The first kappa shape index (κ1) is 19.3. The van der Waals surface area contributed by atoms with Gasteiger partial charge in [-0.05, 0) is 59.9 Å². The Balaban J connectivity index is 1.70. The van der Waals surface area contributed by atoms with E-state index in [1.807, 2.05) is 66.4 Å². The molecule has 0 aliphatic carbocycles. The average molecular weight is 407 g/mol. The lowest BCUT2D eigenvalue weighted by atomic mass is 9.88. The summed E-state index contributed by atoms with van der Waals surface area (Å²) in [7, 11) is 1.63. The average Bonchev–Trinajstić information content (AvgIpc) is 2.74. The molecule has 0 saturated carbocycles. The highest BCUT2D eigenvalue weighted by Crippen LogP contribution is 2.38. The SMILES string of the molecule is COc1ccc(NC(=O)N2CCc3ccccc3[C@@H]2c2ccccc2Cl)c(C)c1. The summed E-state index contributed by atoms with van der Waals surface area (Å²) < 4.78 is 5.26. The van der Waals surface area contributed by atoms with Gasteiger partial charge in [0.25, 0.3) is 0 Å². The van der Waals surface area contributed by atoms with E-state index in [0.717, 1.165) is 34.5 Å². The molecule has 0 saturated heterocycles. The van der Waals surface area contributed by atoms with Crippen molar-refractivity contribution in [3.63, 3.8) is 0 Å². The Morgan fingerprint density at radius 1 is 1.07 bits per heavy atom. The van der Waals surface area contributed by atoms with Crippen LogP contribution in [-0.2, 0) is 6.42 Å². The van der Waals surface area contributed by atoms with E-state index < -0.39 is 0 Å². The van der Waals surface area contributed by atoms with Gasteiger partial charge in [-0.3, -0.25) is 0 Å². The lowest BCUT2D eigenvalue weighted by molar-refractivity contribution is 0.194. The molecule has 0 aromatic heterocycles. The van der Waals surface area contributed by atoms with Crippen molar-refractivity contribution in [2.45, 2.75) is 19.4 Å². The Labute approximate surface area is 176 Å². The number of methoxy groups -OCH3 is 1. The van der Waals surface area contributed by atoms with Crippen molar-refractivity contribution in [2.75, 3.05) is 19.0 Å². The lowest BCUT2D eigenvalue weighted by Crippen LogP contribution is -2.43. The summed E-state index contributed by atoms with van der Waals surface area (Å²) in [5.41, 5.74) is 5.02. The number of nitrogens with one attached hydrogen (secondary N) is 1. The highest BCUT2D eigenvalue weighted by atomic mass is 35.5. The number of rotatable bonds is 3. The van der Waals surface area contributed by atoms with E-state index in [-0.39, 0.29) is 12.1 Å². The van der Waals surface area contributed by atoms with Crippen molar-refractivity contribution < 1.29 is 9.53 Å². The number of nitrogens with zero attached hydrogens (tertiary/aromatic N) is 1. The highest BCUT2D eigenvalue weighted by Gasteiger charge is 2.33. The van der Waals surface area contributed by atoms with Crippen LogP contribution in [0.2, 0.25) is 5.02 Å². The van der Waals surface area contributed by atoms with Crippen LogP contribution in [0.1, 0.15) is 28.3 Å². The van der Waals surface area contributed by atoms with Crippen LogP contribution in [0.15, 0.2) is 66.7 Å². The molecule has 0 spiro atoms. The van der Waals surface area contributed by atoms with Crippen molar-refractivity contribution in [2.24, 2.45) is 0 Å². The molecule has 0 radical (unpaired) electrons. The van der Waals surface area contributed by atoms with Crippen molar-refractivity contribution in [3.05, 3.63) is 94.0 Å². The number of hydrogen-bond acceptors (Lipinski definition) is 2. The Morgan fingerprint density at radius 2 is 1.79 bits per heavy atom. The van der Waals surface area contributed by atoms with Gasteiger partial charge in [0.05, 0.1) is 13.2 Å². The summed E-state index contributed by atoms with van der Waals surface area (Å²) in [4.78, 5) is 15.2. The second-order valence-corrected chi connectivity index (χ2v) is 7.58. The Morgan fingerprint density at radius 3 is 2.52 bits per heavy atom. The fourth-order valence-corrected chi connectivity index (χ4v) is 4.15.